The molecule has 1 aliphatic carbocycles. The highest BCUT2D eigenvalue weighted by Crippen LogP contribution is 2.35. The summed E-state index contributed by atoms with van der Waals surface area (Å²) < 4.78 is 5.16. The van der Waals surface area contributed by atoms with Crippen molar-refractivity contribution < 1.29 is 9.53 Å². The second-order valence-electron chi connectivity index (χ2n) is 4.71. The lowest BCUT2D eigenvalue weighted by Crippen LogP contribution is -2.35. The molecule has 0 aromatic rings. The van der Waals surface area contributed by atoms with E-state index in [1.54, 1.807) is 0 Å². The van der Waals surface area contributed by atoms with Crippen LogP contribution in [-0.2, 0) is 9.53 Å². The summed E-state index contributed by atoms with van der Waals surface area (Å²) in [6.07, 6.45) is 5.34. The Labute approximate surface area is 92.7 Å². The Bertz CT molecular complexity index is 243. The zero-order valence-corrected chi connectivity index (χ0v) is 10.2. The van der Waals surface area contributed by atoms with Gasteiger partial charge in [0.25, 0.3) is 0 Å². The lowest BCUT2D eigenvalue weighted by molar-refractivity contribution is -0.152. The van der Waals surface area contributed by atoms with Crippen LogP contribution < -0.4 is 0 Å². The number of carbonyl (C=O) groups excluding carboxylic acids is 1. The zero-order chi connectivity index (χ0) is 11.4. The normalized spacial score (nSPS) is 30.6. The summed E-state index contributed by atoms with van der Waals surface area (Å²) in [7, 11) is 0. The van der Waals surface area contributed by atoms with Crippen LogP contribution in [0, 0.1) is 23.7 Å². The van der Waals surface area contributed by atoms with Crippen LogP contribution in [0.15, 0.2) is 12.2 Å². The molecule has 86 valence electrons. The quantitative estimate of drug-likeness (QED) is 0.528. The summed E-state index contributed by atoms with van der Waals surface area (Å²) >= 11 is 0. The van der Waals surface area contributed by atoms with Crippen molar-refractivity contribution in [3.63, 3.8) is 0 Å². The van der Waals surface area contributed by atoms with E-state index in [0.29, 0.717) is 24.4 Å². The van der Waals surface area contributed by atoms with Crippen molar-refractivity contribution in [1.29, 1.82) is 0 Å². The highest BCUT2D eigenvalue weighted by molar-refractivity contribution is 5.73. The fourth-order valence-corrected chi connectivity index (χ4v) is 2.42. The molecule has 0 bridgehead atoms. The topological polar surface area (TPSA) is 26.3 Å². The first kappa shape index (κ1) is 12.3. The third kappa shape index (κ3) is 2.83. The smallest absolute Gasteiger partial charge is 0.309 e. The predicted octanol–water partition coefficient (Wildman–Crippen LogP) is 3.03. The third-order valence-electron chi connectivity index (χ3n) is 3.29. The minimum atomic E-state index is -0.0203. The molecule has 0 unspecified atom stereocenters. The molecule has 0 aromatic heterocycles. The van der Waals surface area contributed by atoms with Gasteiger partial charge >= 0.3 is 5.97 Å². The van der Waals surface area contributed by atoms with E-state index >= 15 is 0 Å². The first-order valence-electron chi connectivity index (χ1n) is 5.91. The standard InChI is InChI=1S/C13H22O2/c1-5-15-13(14)12-10(4)7-6-8-11(12)9(2)3/h6-7,9-12H,5,8H2,1-4H3/t10-,11-,12+/m1/s1. The van der Waals surface area contributed by atoms with Gasteiger partial charge < -0.3 is 4.74 Å². The molecule has 0 fully saturated rings. The maximum Gasteiger partial charge on any atom is 0.309 e. The van der Waals surface area contributed by atoms with E-state index < -0.39 is 0 Å². The van der Waals surface area contributed by atoms with Gasteiger partial charge in [-0.05, 0) is 31.1 Å². The van der Waals surface area contributed by atoms with E-state index in [-0.39, 0.29) is 11.9 Å². The molecule has 2 heteroatoms. The average Bonchev–Trinajstić information content (AvgIpc) is 2.17. The molecule has 0 radical (unpaired) electrons. The number of hydrogen-bond acceptors (Lipinski definition) is 2. The molecule has 3 atom stereocenters. The summed E-state index contributed by atoms with van der Waals surface area (Å²) in [5.74, 6) is 1.31. The molecule has 0 N–H and O–H groups in total. The maximum atomic E-state index is 11.9. The van der Waals surface area contributed by atoms with E-state index in [0.717, 1.165) is 6.42 Å². The fourth-order valence-electron chi connectivity index (χ4n) is 2.42. The summed E-state index contributed by atoms with van der Waals surface area (Å²) in [4.78, 5) is 11.9. The summed E-state index contributed by atoms with van der Waals surface area (Å²) in [6, 6.07) is 0. The molecule has 0 spiro atoms. The Hall–Kier alpha value is -0.790. The summed E-state index contributed by atoms with van der Waals surface area (Å²) in [5.41, 5.74) is 0. The van der Waals surface area contributed by atoms with Crippen molar-refractivity contribution in [3.05, 3.63) is 12.2 Å². The van der Waals surface area contributed by atoms with Crippen molar-refractivity contribution in [2.75, 3.05) is 6.61 Å². The lowest BCUT2D eigenvalue weighted by atomic mass is 9.71. The van der Waals surface area contributed by atoms with Gasteiger partial charge in [0.2, 0.25) is 0 Å². The van der Waals surface area contributed by atoms with Gasteiger partial charge in [0.15, 0.2) is 0 Å². The minimum Gasteiger partial charge on any atom is -0.466 e. The number of carbonyl (C=O) groups is 1. The Morgan fingerprint density at radius 3 is 2.73 bits per heavy atom. The molecule has 2 nitrogen and oxygen atoms in total. The number of esters is 1. The first-order valence-corrected chi connectivity index (χ1v) is 5.91. The van der Waals surface area contributed by atoms with Crippen LogP contribution in [0.25, 0.3) is 0 Å². The van der Waals surface area contributed by atoms with E-state index in [1.807, 2.05) is 6.92 Å². The van der Waals surface area contributed by atoms with Gasteiger partial charge in [-0.3, -0.25) is 4.79 Å². The van der Waals surface area contributed by atoms with Crippen molar-refractivity contribution >= 4 is 5.97 Å². The molecular formula is C13H22O2. The highest BCUT2D eigenvalue weighted by Gasteiger charge is 2.36. The second kappa shape index (κ2) is 5.34. The van der Waals surface area contributed by atoms with Crippen LogP contribution in [0.5, 0.6) is 0 Å². The molecule has 0 aromatic carbocycles. The molecule has 0 saturated heterocycles. The van der Waals surface area contributed by atoms with Crippen LogP contribution in [-0.4, -0.2) is 12.6 Å². The Morgan fingerprint density at radius 1 is 1.53 bits per heavy atom. The van der Waals surface area contributed by atoms with Crippen molar-refractivity contribution in [2.24, 2.45) is 23.7 Å². The van der Waals surface area contributed by atoms with Crippen LogP contribution in [0.1, 0.15) is 34.1 Å². The molecule has 1 rings (SSSR count). The number of ether oxygens (including phenoxy) is 1. The minimum absolute atomic E-state index is 0.0203. The second-order valence-corrected chi connectivity index (χ2v) is 4.71. The van der Waals surface area contributed by atoms with Crippen LogP contribution >= 0.6 is 0 Å². The van der Waals surface area contributed by atoms with Gasteiger partial charge in [0.1, 0.15) is 0 Å². The molecule has 0 aliphatic heterocycles. The van der Waals surface area contributed by atoms with E-state index in [4.69, 9.17) is 4.74 Å². The van der Waals surface area contributed by atoms with Crippen molar-refractivity contribution in [2.45, 2.75) is 34.1 Å². The molecule has 0 saturated carbocycles. The molecular weight excluding hydrogens is 188 g/mol. The van der Waals surface area contributed by atoms with Crippen molar-refractivity contribution in [3.8, 4) is 0 Å². The summed E-state index contributed by atoms with van der Waals surface area (Å²) in [5, 5.41) is 0. The highest BCUT2D eigenvalue weighted by atomic mass is 16.5. The van der Waals surface area contributed by atoms with E-state index in [1.165, 1.54) is 0 Å². The van der Waals surface area contributed by atoms with Gasteiger partial charge in [-0.15, -0.1) is 0 Å². The van der Waals surface area contributed by atoms with Crippen molar-refractivity contribution in [1.82, 2.24) is 0 Å². The van der Waals surface area contributed by atoms with Crippen LogP contribution in [0.2, 0.25) is 0 Å². The summed E-state index contributed by atoms with van der Waals surface area (Å²) in [6.45, 7) is 8.82. The molecule has 0 heterocycles. The lowest BCUT2D eigenvalue weighted by Gasteiger charge is -2.33. The molecule has 15 heavy (non-hydrogen) atoms. The van der Waals surface area contributed by atoms with Gasteiger partial charge in [0.05, 0.1) is 12.5 Å². The maximum absolute atomic E-state index is 11.9. The Balaban J connectivity index is 2.79. The van der Waals surface area contributed by atoms with Gasteiger partial charge in [-0.25, -0.2) is 0 Å². The average molecular weight is 210 g/mol. The predicted molar refractivity (Wildman–Crippen MR) is 61.4 cm³/mol. The number of rotatable bonds is 3. The number of hydrogen-bond donors (Lipinski definition) is 0. The SMILES string of the molecule is CCOC(=O)[C@H]1[C@H](C)C=CC[C@@H]1C(C)C. The van der Waals surface area contributed by atoms with E-state index in [9.17, 15) is 4.79 Å². The van der Waals surface area contributed by atoms with E-state index in [2.05, 4.69) is 32.9 Å². The molecule has 1 aliphatic rings. The van der Waals surface area contributed by atoms with Crippen LogP contribution in [0.4, 0.5) is 0 Å². The largest absolute Gasteiger partial charge is 0.466 e. The fraction of sp³-hybridized carbons (Fsp3) is 0.769. The van der Waals surface area contributed by atoms with Gasteiger partial charge in [-0.2, -0.15) is 0 Å². The number of allylic oxidation sites excluding steroid dienone is 2. The zero-order valence-electron chi connectivity index (χ0n) is 10.2. The van der Waals surface area contributed by atoms with Gasteiger partial charge in [0, 0.05) is 0 Å². The Morgan fingerprint density at radius 2 is 2.20 bits per heavy atom. The monoisotopic (exact) mass is 210 g/mol. The Kier molecular flexibility index (Phi) is 4.37. The van der Waals surface area contributed by atoms with Gasteiger partial charge in [-0.1, -0.05) is 32.9 Å². The molecule has 0 amide bonds. The first-order chi connectivity index (χ1) is 7.07. The third-order valence-corrected chi connectivity index (χ3v) is 3.29. The van der Waals surface area contributed by atoms with Crippen LogP contribution in [0.3, 0.4) is 0 Å².